The quantitative estimate of drug-likeness (QED) is 0.241. The van der Waals surface area contributed by atoms with Crippen molar-refractivity contribution in [3.8, 4) is 5.75 Å². The van der Waals surface area contributed by atoms with Crippen LogP contribution in [0.15, 0.2) is 41.3 Å². The summed E-state index contributed by atoms with van der Waals surface area (Å²) in [5.41, 5.74) is 5.71. The maximum Gasteiger partial charge on any atom is 0.237 e. The summed E-state index contributed by atoms with van der Waals surface area (Å²) in [6, 6.07) is 12.1. The van der Waals surface area contributed by atoms with Crippen LogP contribution in [0.5, 0.6) is 5.75 Å². The van der Waals surface area contributed by atoms with Crippen LogP contribution in [0.25, 0.3) is 11.0 Å². The van der Waals surface area contributed by atoms with E-state index in [1.54, 1.807) is 7.11 Å². The van der Waals surface area contributed by atoms with Crippen molar-refractivity contribution in [2.24, 2.45) is 0 Å². The molecule has 4 heterocycles. The number of fused-ring (bicyclic) bond motifs is 2. The Hall–Kier alpha value is -3.54. The molecule has 0 saturated carbocycles. The SMILES string of the molecule is COCCN1CCC(c2cc3c(cc2C)N(c2nc(Nc4ccccc4S(=O)C(C)C)c4c(C)[nH]nc4n2)C(C)O3)CC1. The van der Waals surface area contributed by atoms with Crippen LogP contribution in [0.3, 0.4) is 0 Å². The van der Waals surface area contributed by atoms with Crippen LogP contribution < -0.4 is 15.0 Å². The van der Waals surface area contributed by atoms with Crippen molar-refractivity contribution < 1.29 is 13.7 Å². The lowest BCUT2D eigenvalue weighted by Gasteiger charge is -2.32. The normalized spacial score (nSPS) is 18.3. The molecule has 0 spiro atoms. The third-order valence-corrected chi connectivity index (χ3v) is 10.1. The molecule has 2 unspecified atom stereocenters. The molecule has 4 aromatic rings. The fourth-order valence-corrected chi connectivity index (χ4v) is 7.24. The van der Waals surface area contributed by atoms with Gasteiger partial charge in [0, 0.05) is 24.6 Å². The minimum Gasteiger partial charge on any atom is -0.468 e. The van der Waals surface area contributed by atoms with E-state index < -0.39 is 10.8 Å². The summed E-state index contributed by atoms with van der Waals surface area (Å²) in [5.74, 6) is 2.45. The fraction of sp³-hybridized carbons (Fsp3) is 0.469. The van der Waals surface area contributed by atoms with Crippen LogP contribution in [-0.2, 0) is 15.5 Å². The first kappa shape index (κ1) is 29.5. The number of H-pyrrole nitrogens is 1. The van der Waals surface area contributed by atoms with E-state index in [1.807, 2.05) is 56.9 Å². The molecule has 2 atom stereocenters. The van der Waals surface area contributed by atoms with Gasteiger partial charge in [-0.1, -0.05) is 26.0 Å². The Labute approximate surface area is 255 Å². The van der Waals surface area contributed by atoms with E-state index in [4.69, 9.17) is 19.4 Å². The number of aromatic nitrogens is 4. The maximum absolute atomic E-state index is 13.1. The van der Waals surface area contributed by atoms with E-state index in [0.717, 1.165) is 72.2 Å². The van der Waals surface area contributed by atoms with Gasteiger partial charge >= 0.3 is 0 Å². The molecule has 228 valence electrons. The monoisotopic (exact) mass is 603 g/mol. The van der Waals surface area contributed by atoms with Crippen LogP contribution in [0.1, 0.15) is 56.4 Å². The van der Waals surface area contributed by atoms with Crippen molar-refractivity contribution >= 4 is 45.0 Å². The van der Waals surface area contributed by atoms with Gasteiger partial charge in [0.05, 0.1) is 39.1 Å². The van der Waals surface area contributed by atoms with E-state index in [9.17, 15) is 4.21 Å². The van der Waals surface area contributed by atoms with Gasteiger partial charge in [-0.25, -0.2) is 0 Å². The molecule has 43 heavy (non-hydrogen) atoms. The summed E-state index contributed by atoms with van der Waals surface area (Å²) < 4.78 is 24.8. The predicted molar refractivity (Wildman–Crippen MR) is 171 cm³/mol. The maximum atomic E-state index is 13.1. The molecule has 2 aromatic heterocycles. The summed E-state index contributed by atoms with van der Waals surface area (Å²) in [7, 11) is 0.590. The number of anilines is 4. The van der Waals surface area contributed by atoms with Crippen LogP contribution in [0.2, 0.25) is 0 Å². The standard InChI is InChI=1S/C32H41N7O3S/c1-19(2)43(40)28-10-8-7-9-25(28)33-30-29-21(4)36-37-31(29)35-32(34-30)39-22(5)42-27-18-24(20(3)17-26(27)39)23-11-13-38(14-12-23)15-16-41-6/h7-10,17-19,22-23H,11-16H2,1-6H3,(H2,33,34,35,36,37). The fourth-order valence-electron chi connectivity index (χ4n) is 6.18. The Bertz CT molecular complexity index is 1650. The van der Waals surface area contributed by atoms with E-state index in [2.05, 4.69) is 39.5 Å². The van der Waals surface area contributed by atoms with Gasteiger partial charge in [-0.05, 0) is 88.0 Å². The Morgan fingerprint density at radius 2 is 1.93 bits per heavy atom. The van der Waals surface area contributed by atoms with Crippen molar-refractivity contribution in [2.75, 3.05) is 43.6 Å². The third kappa shape index (κ3) is 5.73. The van der Waals surface area contributed by atoms with Gasteiger partial charge in [-0.2, -0.15) is 15.1 Å². The van der Waals surface area contributed by atoms with Gasteiger partial charge in [-0.3, -0.25) is 14.2 Å². The van der Waals surface area contributed by atoms with E-state index in [-0.39, 0.29) is 11.5 Å². The van der Waals surface area contributed by atoms with E-state index >= 15 is 0 Å². The number of hydrogen-bond donors (Lipinski definition) is 2. The predicted octanol–water partition coefficient (Wildman–Crippen LogP) is 5.93. The molecule has 0 aliphatic carbocycles. The molecule has 10 nitrogen and oxygen atoms in total. The van der Waals surface area contributed by atoms with Crippen molar-refractivity contribution in [1.29, 1.82) is 0 Å². The largest absolute Gasteiger partial charge is 0.468 e. The van der Waals surface area contributed by atoms with E-state index in [1.165, 1.54) is 11.1 Å². The second-order valence-corrected chi connectivity index (χ2v) is 13.7. The summed E-state index contributed by atoms with van der Waals surface area (Å²) >= 11 is 0. The summed E-state index contributed by atoms with van der Waals surface area (Å²) in [6.45, 7) is 14.0. The molecule has 2 aliphatic rings. The lowest BCUT2D eigenvalue weighted by atomic mass is 9.86. The number of rotatable bonds is 9. The van der Waals surface area contributed by atoms with E-state index in [0.29, 0.717) is 23.3 Å². The molecule has 1 saturated heterocycles. The number of methoxy groups -OCH3 is 1. The number of aromatic amines is 1. The van der Waals surface area contributed by atoms with Gasteiger partial charge in [0.1, 0.15) is 11.6 Å². The second-order valence-electron chi connectivity index (χ2n) is 11.8. The average molecular weight is 604 g/mol. The Balaban J connectivity index is 1.33. The molecular weight excluding hydrogens is 562 g/mol. The number of benzene rings is 2. The molecular formula is C32H41N7O3S. The first-order valence-corrected chi connectivity index (χ1v) is 16.3. The average Bonchev–Trinajstić information content (AvgIpc) is 3.53. The molecule has 0 radical (unpaired) electrons. The first-order chi connectivity index (χ1) is 20.7. The van der Waals surface area contributed by atoms with Crippen molar-refractivity contribution in [1.82, 2.24) is 25.1 Å². The van der Waals surface area contributed by atoms with Gasteiger partial charge in [-0.15, -0.1) is 0 Å². The minimum absolute atomic E-state index is 0.0185. The molecule has 0 amide bonds. The third-order valence-electron chi connectivity index (χ3n) is 8.49. The van der Waals surface area contributed by atoms with Crippen LogP contribution >= 0.6 is 0 Å². The van der Waals surface area contributed by atoms with Crippen molar-refractivity contribution in [3.63, 3.8) is 0 Å². The van der Waals surface area contributed by atoms with Gasteiger partial charge in [0.2, 0.25) is 5.95 Å². The number of likely N-dealkylation sites (tertiary alicyclic amines) is 1. The topological polar surface area (TPSA) is 109 Å². The zero-order valence-electron chi connectivity index (χ0n) is 25.8. The Morgan fingerprint density at radius 1 is 1.16 bits per heavy atom. The molecule has 2 N–H and O–H groups in total. The Kier molecular flexibility index (Phi) is 8.39. The molecule has 11 heteroatoms. The zero-order valence-corrected chi connectivity index (χ0v) is 26.6. The van der Waals surface area contributed by atoms with Crippen LogP contribution in [-0.4, -0.2) is 74.1 Å². The molecule has 1 fully saturated rings. The lowest BCUT2D eigenvalue weighted by Crippen LogP contribution is -2.35. The molecule has 2 aliphatic heterocycles. The van der Waals surface area contributed by atoms with Crippen molar-refractivity contribution in [2.45, 2.75) is 69.8 Å². The summed E-state index contributed by atoms with van der Waals surface area (Å²) in [5, 5.41) is 11.8. The Morgan fingerprint density at radius 3 is 2.67 bits per heavy atom. The number of aryl methyl sites for hydroxylation is 2. The number of para-hydroxylation sites is 1. The second kappa shape index (κ2) is 12.2. The lowest BCUT2D eigenvalue weighted by molar-refractivity contribution is 0.130. The molecule has 0 bridgehead atoms. The smallest absolute Gasteiger partial charge is 0.237 e. The molecule has 2 aromatic carbocycles. The zero-order chi connectivity index (χ0) is 30.2. The van der Waals surface area contributed by atoms with Crippen LogP contribution in [0, 0.1) is 13.8 Å². The minimum atomic E-state index is -1.17. The number of piperidine rings is 1. The highest BCUT2D eigenvalue weighted by molar-refractivity contribution is 7.85. The van der Waals surface area contributed by atoms with Gasteiger partial charge in [0.25, 0.3) is 0 Å². The first-order valence-electron chi connectivity index (χ1n) is 15.1. The van der Waals surface area contributed by atoms with Gasteiger partial charge in [0.15, 0.2) is 11.9 Å². The number of hydrogen-bond acceptors (Lipinski definition) is 9. The highest BCUT2D eigenvalue weighted by atomic mass is 32.2. The summed E-state index contributed by atoms with van der Waals surface area (Å²) in [4.78, 5) is 15.2. The molecule has 6 rings (SSSR count). The highest BCUT2D eigenvalue weighted by Gasteiger charge is 2.34. The van der Waals surface area contributed by atoms with Crippen LogP contribution in [0.4, 0.5) is 23.1 Å². The van der Waals surface area contributed by atoms with Gasteiger partial charge < -0.3 is 19.7 Å². The highest BCUT2D eigenvalue weighted by Crippen LogP contribution is 2.45. The number of nitrogens with one attached hydrogen (secondary N) is 2. The number of ether oxygens (including phenoxy) is 2. The number of nitrogens with zero attached hydrogens (tertiary/aromatic N) is 5. The van der Waals surface area contributed by atoms with Crippen molar-refractivity contribution in [3.05, 3.63) is 53.2 Å². The summed E-state index contributed by atoms with van der Waals surface area (Å²) in [6.07, 6.45) is 1.95.